The van der Waals surface area contributed by atoms with Crippen molar-refractivity contribution in [3.63, 3.8) is 0 Å². The number of nitrogens with one attached hydrogen (secondary N) is 7. The van der Waals surface area contributed by atoms with Gasteiger partial charge in [-0.25, -0.2) is 4.98 Å². The fourth-order valence-electron chi connectivity index (χ4n) is 6.36. The van der Waals surface area contributed by atoms with Gasteiger partial charge in [0.2, 0.25) is 23.6 Å². The van der Waals surface area contributed by atoms with E-state index in [1.807, 2.05) is 39.8 Å². The summed E-state index contributed by atoms with van der Waals surface area (Å²) >= 11 is 12.3. The van der Waals surface area contributed by atoms with Crippen LogP contribution in [0.3, 0.4) is 0 Å². The number of amides is 4. The van der Waals surface area contributed by atoms with Crippen molar-refractivity contribution in [2.75, 3.05) is 38.0 Å². The van der Waals surface area contributed by atoms with Crippen molar-refractivity contribution in [2.45, 2.75) is 129 Å². The number of benzene rings is 1. The Morgan fingerprint density at radius 3 is 1.84 bits per heavy atom. The second-order valence-electron chi connectivity index (χ2n) is 16.8. The highest BCUT2D eigenvalue weighted by Crippen LogP contribution is 2.26. The van der Waals surface area contributed by atoms with Gasteiger partial charge in [-0.15, -0.1) is 0 Å². The van der Waals surface area contributed by atoms with Gasteiger partial charge in [-0.2, -0.15) is 0 Å². The van der Waals surface area contributed by atoms with Gasteiger partial charge in [-0.1, -0.05) is 29.3 Å². The van der Waals surface area contributed by atoms with Crippen molar-refractivity contribution in [2.24, 2.45) is 16.2 Å². The molecule has 18 nitrogen and oxygen atoms in total. The molecule has 1 aromatic heterocycles. The van der Waals surface area contributed by atoms with Crippen LogP contribution in [0.25, 0.3) is 0 Å². The first-order chi connectivity index (χ1) is 30.3. The molecule has 0 aliphatic rings. The zero-order valence-corrected chi connectivity index (χ0v) is 39.3. The lowest BCUT2D eigenvalue weighted by Crippen LogP contribution is -2.53. The lowest BCUT2D eigenvalue weighted by molar-refractivity contribution is -0.138. The minimum atomic E-state index is -1.26. The first-order valence-corrected chi connectivity index (χ1v) is 22.3. The molecule has 8 N–H and O–H groups in total. The van der Waals surface area contributed by atoms with Crippen LogP contribution in [0.5, 0.6) is 0 Å². The van der Waals surface area contributed by atoms with E-state index in [4.69, 9.17) is 23.2 Å². The minimum Gasteiger partial charge on any atom is -0.792 e. The van der Waals surface area contributed by atoms with Crippen molar-refractivity contribution in [3.8, 4) is 0 Å². The molecule has 0 saturated carbocycles. The summed E-state index contributed by atoms with van der Waals surface area (Å²) in [6, 6.07) is 7.59. The number of halogens is 2. The fourth-order valence-corrected chi connectivity index (χ4v) is 6.90. The molecule has 20 heteroatoms. The minimum absolute atomic E-state index is 0.0364. The van der Waals surface area contributed by atoms with Crippen LogP contribution in [0.4, 0.5) is 5.82 Å². The number of pyridine rings is 1. The third-order valence-electron chi connectivity index (χ3n) is 10.9. The fraction of sp³-hybridized carbons (Fsp3) is 0.591. The van der Waals surface area contributed by atoms with E-state index >= 15 is 0 Å². The molecule has 0 spiro atoms. The van der Waals surface area contributed by atoms with Gasteiger partial charge >= 0.3 is 5.97 Å². The number of aromatic nitrogens is 1. The van der Waals surface area contributed by atoms with Crippen LogP contribution in [0, 0.1) is 16.3 Å². The Hall–Kier alpha value is -5.04. The van der Waals surface area contributed by atoms with Gasteiger partial charge < -0.3 is 63.0 Å². The molecule has 2 unspecified atom stereocenters. The molecule has 2 rings (SSSR count). The molecule has 0 radical (unpaired) electrons. The van der Waals surface area contributed by atoms with Gasteiger partial charge in [0, 0.05) is 66.6 Å². The van der Waals surface area contributed by atoms with Gasteiger partial charge in [-0.3, -0.25) is 24.0 Å². The predicted molar refractivity (Wildman–Crippen MR) is 252 cm³/mol. The maximum Gasteiger partial charge on any atom is 0.305 e. The monoisotopic (exact) mass is 932 g/mol. The Morgan fingerprint density at radius 2 is 1.30 bits per heavy atom. The van der Waals surface area contributed by atoms with Crippen molar-refractivity contribution < 1.29 is 29.1 Å². The van der Waals surface area contributed by atoms with Crippen molar-refractivity contribution in [1.29, 1.82) is 0 Å². The number of unbranched alkanes of at least 4 members (excludes halogenated alkanes) is 1. The van der Waals surface area contributed by atoms with E-state index in [1.165, 1.54) is 18.2 Å². The number of carboxylic acid groups (broad SMARTS) is 1. The summed E-state index contributed by atoms with van der Waals surface area (Å²) in [7, 11) is 0. The van der Waals surface area contributed by atoms with Gasteiger partial charge in [0.15, 0.2) is 0 Å². The summed E-state index contributed by atoms with van der Waals surface area (Å²) in [5.74, 6) is -2.19. The number of anilines is 1. The number of carbonyl (C=O) groups excluding carboxylic acids is 4. The number of nitrogens with zero attached hydrogens (tertiary/aromatic N) is 3. The summed E-state index contributed by atoms with van der Waals surface area (Å²) in [6.45, 7) is 12.8. The first-order valence-electron chi connectivity index (χ1n) is 21.6. The topological polar surface area (TPSA) is 274 Å². The maximum atomic E-state index is 13.6. The van der Waals surface area contributed by atoms with Crippen LogP contribution in [0.15, 0.2) is 52.9 Å². The van der Waals surface area contributed by atoms with E-state index in [2.05, 4.69) is 52.5 Å². The zero-order valence-electron chi connectivity index (χ0n) is 37.8. The second kappa shape index (κ2) is 28.7. The molecule has 0 aliphatic carbocycles. The number of carbonyl (C=O) groups is 5. The van der Waals surface area contributed by atoms with Crippen LogP contribution in [-0.2, 0) is 24.0 Å². The largest absolute Gasteiger partial charge is 0.792 e. The average molecular weight is 934 g/mol. The summed E-state index contributed by atoms with van der Waals surface area (Å²) in [5, 5.41) is 59.3. The number of hydrogen-bond donors (Lipinski definition) is 8. The number of carboxylic acids is 1. The zero-order chi connectivity index (χ0) is 47.7. The Bertz CT molecular complexity index is 1810. The first kappa shape index (κ1) is 55.1. The van der Waals surface area contributed by atoms with Gasteiger partial charge in [0.1, 0.15) is 11.9 Å². The molecular formula is C44H66Cl2N10O8-2. The summed E-state index contributed by atoms with van der Waals surface area (Å²) in [6.07, 6.45) is 4.77. The highest BCUT2D eigenvalue weighted by molar-refractivity contribution is 6.34. The molecular weight excluding hydrogens is 867 g/mol. The Morgan fingerprint density at radius 1 is 0.734 bits per heavy atom. The second-order valence-corrected chi connectivity index (χ2v) is 17.7. The molecule has 0 fully saturated rings. The van der Waals surface area contributed by atoms with Gasteiger partial charge in [0.05, 0.1) is 23.5 Å². The van der Waals surface area contributed by atoms with Crippen LogP contribution in [0.2, 0.25) is 10.0 Å². The maximum absolute atomic E-state index is 13.6. The summed E-state index contributed by atoms with van der Waals surface area (Å²) < 4.78 is 0. The molecule has 0 saturated heterocycles. The van der Waals surface area contributed by atoms with Crippen LogP contribution in [0.1, 0.15) is 117 Å². The summed E-state index contributed by atoms with van der Waals surface area (Å²) in [4.78, 5) is 68.4. The quantitative estimate of drug-likeness (QED) is 0.0260. The molecule has 0 bridgehead atoms. The Labute approximate surface area is 386 Å². The highest BCUT2D eigenvalue weighted by Gasteiger charge is 2.27. The SMILES string of the molecule is C/C(=N/[O-])C(C)(C)NCCC(CCNC(=O)CCCC(=O)NCC(NC(=O)CCCCNc1ccccn1)C(=O)NC(CC(=O)O)c1cc(Cl)cc(Cl)c1)CCNC(C)(C)/C(C)=N\[O-]. The standard InChI is InChI=1S/C44H68Cl2N10O8/c1-29(55-63)43(3,4)51-22-17-31(18-23-52-44(5,6)30(2)56-64)16-21-49-38(57)14-11-15-39(58)50-28-36(53-40(59)13-8-10-20-48-37-12-7-9-19-47-37)42(62)54-35(27-41(60)61)32-24-33(45)26-34(46)25-32/h7,9,12,19,24-26,31,35-36,51-52,63-64H,8,10-11,13-18,20-23,27-28H2,1-6H3,(H,47,48)(H,49,57)(H,50,58)(H,53,59)(H,54,62)(H,60,61)/p-2/b55-29-,56-30-. The molecule has 4 amide bonds. The van der Waals surface area contributed by atoms with Crippen molar-refractivity contribution in [1.82, 2.24) is 36.9 Å². The lowest BCUT2D eigenvalue weighted by atomic mass is 9.94. The van der Waals surface area contributed by atoms with Crippen LogP contribution in [-0.4, -0.2) is 101 Å². The Kier molecular flexibility index (Phi) is 24.7. The van der Waals surface area contributed by atoms with E-state index in [9.17, 15) is 39.5 Å². The van der Waals surface area contributed by atoms with E-state index in [1.54, 1.807) is 26.1 Å². The van der Waals surface area contributed by atoms with E-state index in [-0.39, 0.29) is 54.1 Å². The van der Waals surface area contributed by atoms with Crippen molar-refractivity contribution in [3.05, 3.63) is 68.6 Å². The third kappa shape index (κ3) is 22.0. The summed E-state index contributed by atoms with van der Waals surface area (Å²) in [5.41, 5.74) is 0.0648. The van der Waals surface area contributed by atoms with E-state index in [0.29, 0.717) is 68.2 Å². The number of rotatable bonds is 31. The van der Waals surface area contributed by atoms with Gasteiger partial charge in [-0.05, 0) is 135 Å². The van der Waals surface area contributed by atoms with Crippen LogP contribution >= 0.6 is 23.2 Å². The molecule has 356 valence electrons. The highest BCUT2D eigenvalue weighted by atomic mass is 35.5. The normalized spacial score (nSPS) is 13.6. The lowest BCUT2D eigenvalue weighted by Gasteiger charge is -2.30. The number of hydrogen-bond acceptors (Lipinski definition) is 13. The third-order valence-corrected chi connectivity index (χ3v) is 11.4. The van der Waals surface area contributed by atoms with E-state index in [0.717, 1.165) is 12.8 Å². The smallest absolute Gasteiger partial charge is 0.305 e. The molecule has 64 heavy (non-hydrogen) atoms. The average Bonchev–Trinajstić information content (AvgIpc) is 3.23. The molecule has 1 aromatic carbocycles. The molecule has 2 atom stereocenters. The number of aliphatic carboxylic acids is 1. The van der Waals surface area contributed by atoms with Crippen molar-refractivity contribution >= 4 is 70.0 Å². The van der Waals surface area contributed by atoms with Gasteiger partial charge in [0.25, 0.3) is 0 Å². The van der Waals surface area contributed by atoms with Crippen LogP contribution < -0.4 is 37.2 Å². The molecule has 2 aromatic rings. The van der Waals surface area contributed by atoms with E-state index < -0.39 is 53.3 Å². The molecule has 1 heterocycles. The Balaban J connectivity index is 1.97. The predicted octanol–water partition coefficient (Wildman–Crippen LogP) is 5.63. The molecule has 0 aliphatic heterocycles.